The first kappa shape index (κ1) is 26.3. The van der Waals surface area contributed by atoms with Crippen LogP contribution in [0.5, 0.6) is 5.75 Å². The molecule has 0 fully saturated rings. The Morgan fingerprint density at radius 3 is 2.37 bits per heavy atom. The van der Waals surface area contributed by atoms with Crippen LogP contribution in [0.3, 0.4) is 0 Å². The minimum Gasteiger partial charge on any atom is -0.484 e. The van der Waals surface area contributed by atoms with Crippen molar-refractivity contribution >= 4 is 21.8 Å². The fraction of sp³-hybridized carbons (Fsp3) is 0.316. The van der Waals surface area contributed by atoms with Crippen molar-refractivity contribution in [3.63, 3.8) is 0 Å². The van der Waals surface area contributed by atoms with Gasteiger partial charge in [0.1, 0.15) is 6.61 Å². The van der Waals surface area contributed by atoms with Gasteiger partial charge in [-0.15, -0.1) is 5.10 Å². The van der Waals surface area contributed by atoms with Crippen molar-refractivity contribution in [2.75, 3.05) is 6.61 Å². The van der Waals surface area contributed by atoms with E-state index in [1.807, 2.05) is 0 Å². The number of benzene rings is 1. The number of carbonyl (C=O) groups excluding carboxylic acids is 1. The molecule has 0 spiro atoms. The zero-order valence-corrected chi connectivity index (χ0v) is 19.0. The third-order valence-corrected chi connectivity index (χ3v) is 4.65. The Morgan fingerprint density at radius 2 is 1.80 bits per heavy atom. The van der Waals surface area contributed by atoms with Crippen LogP contribution in [0.15, 0.2) is 35.3 Å². The SMILES string of the molecule is CC(NC(=O)c1cc(C(F)F)cc(C(F)(F)F)c1)c1nc(Br)nn1-c1ncc(OCC(F)F)cn1. The highest BCUT2D eigenvalue weighted by atomic mass is 79.9. The van der Waals surface area contributed by atoms with Gasteiger partial charge in [-0.1, -0.05) is 0 Å². The number of nitrogens with zero attached hydrogens (tertiary/aromatic N) is 5. The Balaban J connectivity index is 1.85. The molecule has 16 heteroatoms. The lowest BCUT2D eigenvalue weighted by Crippen LogP contribution is -2.29. The lowest BCUT2D eigenvalue weighted by atomic mass is 10.0. The third kappa shape index (κ3) is 6.64. The molecule has 0 aliphatic carbocycles. The predicted octanol–water partition coefficient (Wildman–Crippen LogP) is 4.91. The summed E-state index contributed by atoms with van der Waals surface area (Å²) in [6.07, 6.45) is -8.68. The molecule has 188 valence electrons. The molecule has 2 aromatic heterocycles. The van der Waals surface area contributed by atoms with Crippen molar-refractivity contribution in [2.45, 2.75) is 32.0 Å². The number of ether oxygens (including phenoxy) is 1. The van der Waals surface area contributed by atoms with E-state index in [0.29, 0.717) is 12.1 Å². The second-order valence-electron chi connectivity index (χ2n) is 6.91. The zero-order valence-electron chi connectivity index (χ0n) is 17.4. The number of hydrogen-bond acceptors (Lipinski definition) is 6. The first-order chi connectivity index (χ1) is 16.3. The molecule has 2 heterocycles. The Labute approximate surface area is 200 Å². The monoisotopic (exact) mass is 570 g/mol. The first-order valence-corrected chi connectivity index (χ1v) is 10.3. The molecule has 0 radical (unpaired) electrons. The number of aromatic nitrogens is 5. The van der Waals surface area contributed by atoms with E-state index in [1.165, 1.54) is 6.92 Å². The molecule has 3 aromatic rings. The maximum absolute atomic E-state index is 13.1. The number of alkyl halides is 7. The lowest BCUT2D eigenvalue weighted by molar-refractivity contribution is -0.137. The van der Waals surface area contributed by atoms with Gasteiger partial charge >= 0.3 is 6.18 Å². The summed E-state index contributed by atoms with van der Waals surface area (Å²) >= 11 is 3.04. The third-order valence-electron chi connectivity index (χ3n) is 4.32. The number of hydrogen-bond donors (Lipinski definition) is 1. The summed E-state index contributed by atoms with van der Waals surface area (Å²) in [5, 5.41) is 6.37. The Morgan fingerprint density at radius 1 is 1.14 bits per heavy atom. The van der Waals surface area contributed by atoms with Crippen molar-refractivity contribution in [3.8, 4) is 11.7 Å². The van der Waals surface area contributed by atoms with E-state index in [0.717, 1.165) is 17.1 Å². The molecular weight excluding hydrogens is 557 g/mol. The molecule has 1 aromatic carbocycles. The van der Waals surface area contributed by atoms with Gasteiger partial charge in [-0.3, -0.25) is 4.79 Å². The second kappa shape index (κ2) is 10.5. The first-order valence-electron chi connectivity index (χ1n) is 9.52. The molecule has 1 unspecified atom stereocenters. The van der Waals surface area contributed by atoms with Gasteiger partial charge < -0.3 is 10.1 Å². The van der Waals surface area contributed by atoms with Gasteiger partial charge in [-0.05, 0) is 41.1 Å². The molecule has 0 saturated carbocycles. The normalized spacial score (nSPS) is 12.8. The highest BCUT2D eigenvalue weighted by molar-refractivity contribution is 9.10. The Kier molecular flexibility index (Phi) is 7.92. The smallest absolute Gasteiger partial charge is 0.416 e. The highest BCUT2D eigenvalue weighted by Crippen LogP contribution is 2.33. The summed E-state index contributed by atoms with van der Waals surface area (Å²) in [4.78, 5) is 24.5. The van der Waals surface area contributed by atoms with Crippen molar-refractivity contribution in [1.29, 1.82) is 0 Å². The van der Waals surface area contributed by atoms with Gasteiger partial charge in [0.05, 0.1) is 24.0 Å². The molecule has 0 bridgehead atoms. The fourth-order valence-corrected chi connectivity index (χ4v) is 3.14. The average molecular weight is 571 g/mol. The molecule has 1 amide bonds. The van der Waals surface area contributed by atoms with Crippen molar-refractivity contribution in [3.05, 3.63) is 57.8 Å². The summed E-state index contributed by atoms with van der Waals surface area (Å²) in [6.45, 7) is 0.543. The zero-order chi connectivity index (χ0) is 25.9. The van der Waals surface area contributed by atoms with Gasteiger partial charge in [-0.2, -0.15) is 17.9 Å². The fourth-order valence-electron chi connectivity index (χ4n) is 2.79. The highest BCUT2D eigenvalue weighted by Gasteiger charge is 2.33. The Hall–Kier alpha value is -3.30. The number of rotatable bonds is 8. The molecule has 1 atom stereocenters. The van der Waals surface area contributed by atoms with Gasteiger partial charge in [-0.25, -0.2) is 32.5 Å². The summed E-state index contributed by atoms with van der Waals surface area (Å²) in [5.74, 6) is -1.20. The maximum atomic E-state index is 13.1. The number of nitrogens with one attached hydrogen (secondary N) is 1. The van der Waals surface area contributed by atoms with Crippen LogP contribution < -0.4 is 10.1 Å². The van der Waals surface area contributed by atoms with Crippen molar-refractivity contribution in [1.82, 2.24) is 30.0 Å². The summed E-state index contributed by atoms with van der Waals surface area (Å²) in [5.41, 5.74) is -3.00. The van der Waals surface area contributed by atoms with E-state index in [-0.39, 0.29) is 28.3 Å². The van der Waals surface area contributed by atoms with Crippen LogP contribution in [0.2, 0.25) is 0 Å². The molecular formula is C19H14BrF7N6O2. The minimum atomic E-state index is -4.95. The van der Waals surface area contributed by atoms with Crippen molar-refractivity contribution in [2.24, 2.45) is 0 Å². The van der Waals surface area contributed by atoms with Crippen molar-refractivity contribution < 1.29 is 40.3 Å². The van der Waals surface area contributed by atoms with E-state index in [9.17, 15) is 35.5 Å². The van der Waals surface area contributed by atoms with Crippen LogP contribution in [-0.2, 0) is 6.18 Å². The van der Waals surface area contributed by atoms with Crippen LogP contribution in [0.4, 0.5) is 30.7 Å². The van der Waals surface area contributed by atoms with Gasteiger partial charge in [0.2, 0.25) is 4.73 Å². The molecule has 0 aliphatic rings. The van der Waals surface area contributed by atoms with Gasteiger partial charge in [0.15, 0.2) is 11.6 Å². The van der Waals surface area contributed by atoms with Crippen LogP contribution in [0.25, 0.3) is 5.95 Å². The van der Waals surface area contributed by atoms with E-state index < -0.39 is 54.3 Å². The lowest BCUT2D eigenvalue weighted by Gasteiger charge is -2.16. The molecule has 35 heavy (non-hydrogen) atoms. The second-order valence-corrected chi connectivity index (χ2v) is 7.62. The van der Waals surface area contributed by atoms with Crippen LogP contribution in [0.1, 0.15) is 46.7 Å². The van der Waals surface area contributed by atoms with E-state index in [2.05, 4.69) is 41.3 Å². The summed E-state index contributed by atoms with van der Waals surface area (Å²) in [6, 6.07) is 0.369. The number of carbonyl (C=O) groups is 1. The van der Waals surface area contributed by atoms with Crippen LogP contribution in [-0.4, -0.2) is 43.7 Å². The molecule has 0 aliphatic heterocycles. The molecule has 0 saturated heterocycles. The number of halogens is 8. The molecule has 1 N–H and O–H groups in total. The Bertz CT molecular complexity index is 1190. The van der Waals surface area contributed by atoms with E-state index in [4.69, 9.17) is 4.74 Å². The maximum Gasteiger partial charge on any atom is 0.416 e. The quantitative estimate of drug-likeness (QED) is 0.387. The predicted molar refractivity (Wildman–Crippen MR) is 108 cm³/mol. The molecule has 3 rings (SSSR count). The van der Waals surface area contributed by atoms with Crippen LogP contribution in [0, 0.1) is 0 Å². The van der Waals surface area contributed by atoms with E-state index >= 15 is 0 Å². The standard InChI is InChI=1S/C19H14BrF7N6O2/c1-8(30-16(34)10-2-9(14(23)24)3-11(4-10)19(25,26)27)15-31-17(20)32-33(15)18-28-5-12(6-29-18)35-7-13(21)22/h2-6,8,13-14H,7H2,1H3,(H,30,34). The minimum absolute atomic E-state index is 0.0209. The molecule has 8 nitrogen and oxygen atoms in total. The largest absolute Gasteiger partial charge is 0.484 e. The topological polar surface area (TPSA) is 94.8 Å². The average Bonchev–Trinajstić information content (AvgIpc) is 3.18. The summed E-state index contributed by atoms with van der Waals surface area (Å²) < 4.78 is 95.9. The summed E-state index contributed by atoms with van der Waals surface area (Å²) in [7, 11) is 0. The van der Waals surface area contributed by atoms with Gasteiger partial charge in [0, 0.05) is 11.1 Å². The van der Waals surface area contributed by atoms with E-state index in [1.54, 1.807) is 0 Å². The van der Waals surface area contributed by atoms with Gasteiger partial charge in [0.25, 0.3) is 24.7 Å². The van der Waals surface area contributed by atoms with Crippen LogP contribution >= 0.6 is 15.9 Å². The number of amides is 1.